The lowest BCUT2D eigenvalue weighted by molar-refractivity contribution is -0.124. The Morgan fingerprint density at radius 3 is 2.30 bits per heavy atom. The minimum absolute atomic E-state index is 0.0208. The third-order valence-electron chi connectivity index (χ3n) is 4.52. The standard InChI is InChI=1S/C17H28N2O/c1-6-12(2)15(18)16(20)19-13(3)17(4,5)14-10-8-7-9-11-14/h7-13,15H,6,18H2,1-5H3,(H,19,20). The van der Waals surface area contributed by atoms with Crippen molar-refractivity contribution in [2.75, 3.05) is 0 Å². The van der Waals surface area contributed by atoms with E-state index in [1.54, 1.807) is 0 Å². The molecule has 0 radical (unpaired) electrons. The Hall–Kier alpha value is -1.35. The topological polar surface area (TPSA) is 55.1 Å². The highest BCUT2D eigenvalue weighted by Gasteiger charge is 2.30. The molecule has 0 fully saturated rings. The van der Waals surface area contributed by atoms with Gasteiger partial charge < -0.3 is 11.1 Å². The van der Waals surface area contributed by atoms with E-state index in [9.17, 15) is 4.79 Å². The van der Waals surface area contributed by atoms with Crippen molar-refractivity contribution in [3.05, 3.63) is 35.9 Å². The minimum Gasteiger partial charge on any atom is -0.351 e. The lowest BCUT2D eigenvalue weighted by Crippen LogP contribution is -2.52. The Balaban J connectivity index is 2.75. The maximum Gasteiger partial charge on any atom is 0.237 e. The van der Waals surface area contributed by atoms with Gasteiger partial charge in [0, 0.05) is 11.5 Å². The van der Waals surface area contributed by atoms with Crippen LogP contribution in [0.4, 0.5) is 0 Å². The molecule has 0 saturated heterocycles. The van der Waals surface area contributed by atoms with Crippen molar-refractivity contribution in [3.8, 4) is 0 Å². The van der Waals surface area contributed by atoms with Crippen LogP contribution >= 0.6 is 0 Å². The SMILES string of the molecule is CCC(C)C(N)C(=O)NC(C)C(C)(C)c1ccccc1. The summed E-state index contributed by atoms with van der Waals surface area (Å²) >= 11 is 0. The number of rotatable bonds is 6. The van der Waals surface area contributed by atoms with E-state index in [1.165, 1.54) is 5.56 Å². The zero-order chi connectivity index (χ0) is 15.3. The molecular weight excluding hydrogens is 248 g/mol. The van der Waals surface area contributed by atoms with Crippen LogP contribution in [0.5, 0.6) is 0 Å². The van der Waals surface area contributed by atoms with E-state index in [2.05, 4.69) is 38.2 Å². The maximum atomic E-state index is 12.2. The number of nitrogens with one attached hydrogen (secondary N) is 1. The number of nitrogens with two attached hydrogens (primary N) is 1. The fourth-order valence-electron chi connectivity index (χ4n) is 2.12. The fourth-order valence-corrected chi connectivity index (χ4v) is 2.12. The maximum absolute atomic E-state index is 12.2. The summed E-state index contributed by atoms with van der Waals surface area (Å²) in [6.45, 7) is 10.4. The monoisotopic (exact) mass is 276 g/mol. The minimum atomic E-state index is -0.436. The molecule has 3 atom stereocenters. The second-order valence-corrected chi connectivity index (χ2v) is 6.23. The number of carbonyl (C=O) groups excluding carboxylic acids is 1. The van der Waals surface area contributed by atoms with E-state index in [0.29, 0.717) is 0 Å². The summed E-state index contributed by atoms with van der Waals surface area (Å²) in [6, 6.07) is 9.82. The van der Waals surface area contributed by atoms with E-state index in [4.69, 9.17) is 5.73 Å². The summed E-state index contributed by atoms with van der Waals surface area (Å²) in [5.41, 5.74) is 7.07. The first kappa shape index (κ1) is 16.7. The van der Waals surface area contributed by atoms with Gasteiger partial charge in [0.05, 0.1) is 6.04 Å². The molecule has 0 saturated carbocycles. The molecule has 0 aliphatic carbocycles. The van der Waals surface area contributed by atoms with E-state index in [1.807, 2.05) is 32.0 Å². The Morgan fingerprint density at radius 2 is 1.80 bits per heavy atom. The third kappa shape index (κ3) is 3.83. The van der Waals surface area contributed by atoms with Crippen LogP contribution in [0.2, 0.25) is 0 Å². The zero-order valence-electron chi connectivity index (χ0n) is 13.3. The van der Waals surface area contributed by atoms with Crippen molar-refractivity contribution in [3.63, 3.8) is 0 Å². The highest BCUT2D eigenvalue weighted by Crippen LogP contribution is 2.26. The fraction of sp³-hybridized carbons (Fsp3) is 0.588. The predicted molar refractivity (Wildman–Crippen MR) is 84.5 cm³/mol. The van der Waals surface area contributed by atoms with Crippen molar-refractivity contribution in [1.82, 2.24) is 5.32 Å². The van der Waals surface area contributed by atoms with E-state index < -0.39 is 6.04 Å². The van der Waals surface area contributed by atoms with Gasteiger partial charge in [-0.2, -0.15) is 0 Å². The molecule has 3 heteroatoms. The highest BCUT2D eigenvalue weighted by molar-refractivity contribution is 5.82. The van der Waals surface area contributed by atoms with Gasteiger partial charge in [-0.1, -0.05) is 64.4 Å². The molecule has 112 valence electrons. The Labute approximate surface area is 122 Å². The van der Waals surface area contributed by atoms with Crippen molar-refractivity contribution in [2.24, 2.45) is 11.7 Å². The molecule has 20 heavy (non-hydrogen) atoms. The molecule has 1 amide bonds. The largest absolute Gasteiger partial charge is 0.351 e. The number of benzene rings is 1. The summed E-state index contributed by atoms with van der Waals surface area (Å²) in [5.74, 6) is 0.137. The first-order valence-electron chi connectivity index (χ1n) is 7.42. The van der Waals surface area contributed by atoms with Crippen molar-refractivity contribution >= 4 is 5.91 Å². The van der Waals surface area contributed by atoms with Gasteiger partial charge in [-0.25, -0.2) is 0 Å². The van der Waals surface area contributed by atoms with Crippen LogP contribution in [0.25, 0.3) is 0 Å². The van der Waals surface area contributed by atoms with Crippen molar-refractivity contribution in [1.29, 1.82) is 0 Å². The van der Waals surface area contributed by atoms with E-state index in [0.717, 1.165) is 6.42 Å². The Morgan fingerprint density at radius 1 is 1.25 bits per heavy atom. The molecule has 1 rings (SSSR count). The number of amides is 1. The summed E-state index contributed by atoms with van der Waals surface area (Å²) in [7, 11) is 0. The van der Waals surface area contributed by atoms with Crippen LogP contribution in [0.3, 0.4) is 0 Å². The molecule has 0 spiro atoms. The van der Waals surface area contributed by atoms with Gasteiger partial charge in [-0.3, -0.25) is 4.79 Å². The molecule has 1 aromatic carbocycles. The van der Waals surface area contributed by atoms with Crippen LogP contribution in [-0.2, 0) is 10.2 Å². The molecule has 0 bridgehead atoms. The summed E-state index contributed by atoms with van der Waals surface area (Å²) in [6.07, 6.45) is 0.908. The van der Waals surface area contributed by atoms with Gasteiger partial charge in [0.15, 0.2) is 0 Å². The Bertz CT molecular complexity index is 428. The molecule has 0 heterocycles. The second-order valence-electron chi connectivity index (χ2n) is 6.23. The van der Waals surface area contributed by atoms with Gasteiger partial charge in [-0.15, -0.1) is 0 Å². The Kier molecular flexibility index (Phi) is 5.75. The molecule has 0 aromatic heterocycles. The van der Waals surface area contributed by atoms with Gasteiger partial charge in [0.25, 0.3) is 0 Å². The average molecular weight is 276 g/mol. The van der Waals surface area contributed by atoms with Gasteiger partial charge in [0.2, 0.25) is 5.91 Å². The highest BCUT2D eigenvalue weighted by atomic mass is 16.2. The van der Waals surface area contributed by atoms with Crippen LogP contribution < -0.4 is 11.1 Å². The van der Waals surface area contributed by atoms with Crippen molar-refractivity contribution < 1.29 is 4.79 Å². The van der Waals surface area contributed by atoms with Gasteiger partial charge in [-0.05, 0) is 18.4 Å². The average Bonchev–Trinajstić information content (AvgIpc) is 2.46. The van der Waals surface area contributed by atoms with Crippen LogP contribution in [-0.4, -0.2) is 18.0 Å². The number of hydrogen-bond donors (Lipinski definition) is 2. The quantitative estimate of drug-likeness (QED) is 0.839. The molecule has 3 N–H and O–H groups in total. The van der Waals surface area contributed by atoms with Crippen LogP contribution in [0.15, 0.2) is 30.3 Å². The van der Waals surface area contributed by atoms with Gasteiger partial charge in [0.1, 0.15) is 0 Å². The van der Waals surface area contributed by atoms with Crippen molar-refractivity contribution in [2.45, 2.75) is 58.5 Å². The lowest BCUT2D eigenvalue weighted by atomic mass is 9.78. The summed E-state index contributed by atoms with van der Waals surface area (Å²) in [4.78, 5) is 12.2. The molecule has 0 aliphatic heterocycles. The van der Waals surface area contributed by atoms with E-state index >= 15 is 0 Å². The number of hydrogen-bond acceptors (Lipinski definition) is 2. The lowest BCUT2D eigenvalue weighted by Gasteiger charge is -2.34. The third-order valence-corrected chi connectivity index (χ3v) is 4.52. The summed E-state index contributed by atoms with van der Waals surface area (Å²) in [5, 5.41) is 3.07. The molecule has 0 aliphatic rings. The van der Waals surface area contributed by atoms with E-state index in [-0.39, 0.29) is 23.3 Å². The normalized spacial score (nSPS) is 16.3. The van der Waals surface area contributed by atoms with Crippen LogP contribution in [0, 0.1) is 5.92 Å². The van der Waals surface area contributed by atoms with Crippen LogP contribution in [0.1, 0.15) is 46.6 Å². The van der Waals surface area contributed by atoms with Gasteiger partial charge >= 0.3 is 0 Å². The molecule has 3 unspecified atom stereocenters. The second kappa shape index (κ2) is 6.89. The molecule has 3 nitrogen and oxygen atoms in total. The number of carbonyl (C=O) groups is 1. The molecular formula is C17H28N2O. The summed E-state index contributed by atoms with van der Waals surface area (Å²) < 4.78 is 0. The molecule has 1 aromatic rings. The first-order chi connectivity index (χ1) is 9.30. The zero-order valence-corrected chi connectivity index (χ0v) is 13.3. The smallest absolute Gasteiger partial charge is 0.237 e. The first-order valence-corrected chi connectivity index (χ1v) is 7.42. The predicted octanol–water partition coefficient (Wildman–Crippen LogP) is 2.84.